The van der Waals surface area contributed by atoms with Crippen LogP contribution in [0.25, 0.3) is 0 Å². The number of halogens is 2. The first-order valence-electron chi connectivity index (χ1n) is 7.52. The summed E-state index contributed by atoms with van der Waals surface area (Å²) in [6, 6.07) is 5.60. The van der Waals surface area contributed by atoms with Crippen LogP contribution >= 0.6 is 23.2 Å². The summed E-state index contributed by atoms with van der Waals surface area (Å²) in [5, 5.41) is 1.06. The fourth-order valence-corrected chi connectivity index (χ4v) is 3.76. The van der Waals surface area contributed by atoms with Gasteiger partial charge in [0.1, 0.15) is 0 Å². The lowest BCUT2D eigenvalue weighted by Crippen LogP contribution is -2.50. The summed E-state index contributed by atoms with van der Waals surface area (Å²) in [4.78, 5) is 15.0. The van der Waals surface area contributed by atoms with Crippen LogP contribution in [0.1, 0.15) is 31.2 Å². The molecule has 1 aromatic carbocycles. The Bertz CT molecular complexity index is 557. The van der Waals surface area contributed by atoms with E-state index < -0.39 is 5.41 Å². The molecule has 3 nitrogen and oxygen atoms in total. The lowest BCUT2D eigenvalue weighted by molar-refractivity contribution is -0.140. The normalized spacial score (nSPS) is 24.0. The van der Waals surface area contributed by atoms with Crippen molar-refractivity contribution in [1.82, 2.24) is 4.90 Å². The number of hydrogen-bond acceptors (Lipinski definition) is 2. The summed E-state index contributed by atoms with van der Waals surface area (Å²) in [5.74, 6) is 0.683. The monoisotopic (exact) mass is 326 g/mol. The maximum absolute atomic E-state index is 13.0. The molecule has 1 unspecified atom stereocenters. The summed E-state index contributed by atoms with van der Waals surface area (Å²) >= 11 is 12.1. The molecule has 21 heavy (non-hydrogen) atoms. The topological polar surface area (TPSA) is 46.3 Å². The molecule has 2 N–H and O–H groups in total. The van der Waals surface area contributed by atoms with Crippen molar-refractivity contribution >= 4 is 29.1 Å². The fraction of sp³-hybridized carbons (Fsp3) is 0.562. The van der Waals surface area contributed by atoms with Gasteiger partial charge < -0.3 is 10.6 Å². The molecule has 0 aromatic heterocycles. The number of hydrogen-bond donors (Lipinski definition) is 1. The van der Waals surface area contributed by atoms with Crippen molar-refractivity contribution in [3.05, 3.63) is 33.8 Å². The molecule has 3 rings (SSSR count). The minimum Gasteiger partial charge on any atom is -0.342 e. The van der Waals surface area contributed by atoms with Gasteiger partial charge in [-0.25, -0.2) is 0 Å². The minimum absolute atomic E-state index is 0.239. The predicted octanol–water partition coefficient (Wildman–Crippen LogP) is 3.22. The molecule has 1 heterocycles. The zero-order valence-electron chi connectivity index (χ0n) is 11.9. The van der Waals surface area contributed by atoms with E-state index in [9.17, 15) is 4.79 Å². The first-order chi connectivity index (χ1) is 10.1. The zero-order valence-corrected chi connectivity index (χ0v) is 13.5. The third kappa shape index (κ3) is 2.56. The molecule has 114 valence electrons. The van der Waals surface area contributed by atoms with Gasteiger partial charge in [0.2, 0.25) is 5.91 Å². The Kier molecular flexibility index (Phi) is 4.17. The average Bonchev–Trinajstić information content (AvgIpc) is 2.90. The number of carbonyl (C=O) groups excluding carboxylic acids is 1. The van der Waals surface area contributed by atoms with Crippen LogP contribution in [0.5, 0.6) is 0 Å². The van der Waals surface area contributed by atoms with E-state index in [1.54, 1.807) is 6.07 Å². The SMILES string of the molecule is NCC1CCN(C(=O)C2(c3ccc(Cl)c(Cl)c3)CCC2)C1. The van der Waals surface area contributed by atoms with Crippen molar-refractivity contribution in [1.29, 1.82) is 0 Å². The Morgan fingerprint density at radius 2 is 2.10 bits per heavy atom. The molecule has 5 heteroatoms. The molecule has 2 fully saturated rings. The quantitative estimate of drug-likeness (QED) is 0.926. The number of amides is 1. The number of nitrogens with two attached hydrogens (primary N) is 1. The number of likely N-dealkylation sites (tertiary alicyclic amines) is 1. The van der Waals surface area contributed by atoms with Crippen LogP contribution in [0.15, 0.2) is 18.2 Å². The van der Waals surface area contributed by atoms with Gasteiger partial charge >= 0.3 is 0 Å². The lowest BCUT2D eigenvalue weighted by atomic mass is 9.63. The number of benzene rings is 1. The van der Waals surface area contributed by atoms with Gasteiger partial charge in [-0.2, -0.15) is 0 Å². The largest absolute Gasteiger partial charge is 0.342 e. The Labute approximate surface area is 135 Å². The van der Waals surface area contributed by atoms with Gasteiger partial charge in [-0.1, -0.05) is 35.7 Å². The Hall–Kier alpha value is -0.770. The highest BCUT2D eigenvalue weighted by Gasteiger charge is 2.48. The molecule has 1 saturated heterocycles. The van der Waals surface area contributed by atoms with Gasteiger partial charge in [-0.15, -0.1) is 0 Å². The highest BCUT2D eigenvalue weighted by molar-refractivity contribution is 6.42. The molecule has 1 aliphatic heterocycles. The second kappa shape index (κ2) is 5.79. The van der Waals surface area contributed by atoms with E-state index >= 15 is 0 Å². The molecule has 0 radical (unpaired) electrons. The van der Waals surface area contributed by atoms with E-state index in [1.165, 1.54) is 0 Å². The Balaban J connectivity index is 1.86. The molecule has 1 saturated carbocycles. The zero-order chi connectivity index (χ0) is 15.0. The summed E-state index contributed by atoms with van der Waals surface area (Å²) in [6.45, 7) is 2.27. The molecule has 1 amide bonds. The predicted molar refractivity (Wildman–Crippen MR) is 85.7 cm³/mol. The van der Waals surface area contributed by atoms with Crippen molar-refractivity contribution in [2.24, 2.45) is 11.7 Å². The minimum atomic E-state index is -0.391. The van der Waals surface area contributed by atoms with Crippen LogP contribution in [0.3, 0.4) is 0 Å². The fourth-order valence-electron chi connectivity index (χ4n) is 3.46. The maximum Gasteiger partial charge on any atom is 0.233 e. The third-order valence-electron chi connectivity index (χ3n) is 5.00. The van der Waals surface area contributed by atoms with Crippen molar-refractivity contribution in [3.8, 4) is 0 Å². The van der Waals surface area contributed by atoms with E-state index in [-0.39, 0.29) is 5.91 Å². The maximum atomic E-state index is 13.0. The molecular formula is C16H20Cl2N2O. The number of rotatable bonds is 3. The van der Waals surface area contributed by atoms with Gasteiger partial charge in [-0.3, -0.25) is 4.79 Å². The second-order valence-electron chi connectivity index (χ2n) is 6.21. The van der Waals surface area contributed by atoms with Crippen LogP contribution < -0.4 is 5.73 Å². The van der Waals surface area contributed by atoms with Crippen molar-refractivity contribution in [2.45, 2.75) is 31.1 Å². The number of nitrogens with zero attached hydrogens (tertiary/aromatic N) is 1. The van der Waals surface area contributed by atoms with E-state index in [0.29, 0.717) is 22.5 Å². The van der Waals surface area contributed by atoms with E-state index in [4.69, 9.17) is 28.9 Å². The van der Waals surface area contributed by atoms with Gasteiger partial charge in [-0.05, 0) is 49.4 Å². The number of carbonyl (C=O) groups is 1. The molecular weight excluding hydrogens is 307 g/mol. The van der Waals surface area contributed by atoms with Gasteiger partial charge in [0, 0.05) is 13.1 Å². The first-order valence-corrected chi connectivity index (χ1v) is 8.27. The Morgan fingerprint density at radius 3 is 2.62 bits per heavy atom. The van der Waals surface area contributed by atoms with Gasteiger partial charge in [0.05, 0.1) is 15.5 Å². The average molecular weight is 327 g/mol. The van der Waals surface area contributed by atoms with Crippen LogP contribution in [0.2, 0.25) is 10.0 Å². The molecule has 1 aliphatic carbocycles. The summed E-state index contributed by atoms with van der Waals surface area (Å²) < 4.78 is 0. The van der Waals surface area contributed by atoms with Crippen molar-refractivity contribution in [3.63, 3.8) is 0 Å². The smallest absolute Gasteiger partial charge is 0.233 e. The molecule has 1 atom stereocenters. The van der Waals surface area contributed by atoms with E-state index in [2.05, 4.69) is 0 Å². The molecule has 1 aromatic rings. The van der Waals surface area contributed by atoms with Crippen molar-refractivity contribution in [2.75, 3.05) is 19.6 Å². The van der Waals surface area contributed by atoms with Gasteiger partial charge in [0.25, 0.3) is 0 Å². The lowest BCUT2D eigenvalue weighted by Gasteiger charge is -2.43. The standard InChI is InChI=1S/C16H20Cl2N2O/c17-13-3-2-12(8-14(13)18)16(5-1-6-16)15(21)20-7-4-11(9-19)10-20/h2-3,8,11H,1,4-7,9-10,19H2. The van der Waals surface area contributed by atoms with E-state index in [1.807, 2.05) is 17.0 Å². The third-order valence-corrected chi connectivity index (χ3v) is 5.73. The highest BCUT2D eigenvalue weighted by Crippen LogP contribution is 2.47. The van der Waals surface area contributed by atoms with Crippen LogP contribution in [-0.2, 0) is 10.2 Å². The molecule has 2 aliphatic rings. The van der Waals surface area contributed by atoms with Crippen LogP contribution in [-0.4, -0.2) is 30.4 Å². The van der Waals surface area contributed by atoms with Crippen LogP contribution in [0, 0.1) is 5.92 Å². The molecule has 0 spiro atoms. The van der Waals surface area contributed by atoms with Gasteiger partial charge in [0.15, 0.2) is 0 Å². The van der Waals surface area contributed by atoms with Crippen LogP contribution in [0.4, 0.5) is 0 Å². The second-order valence-corrected chi connectivity index (χ2v) is 7.02. The van der Waals surface area contributed by atoms with E-state index in [0.717, 1.165) is 44.3 Å². The summed E-state index contributed by atoms with van der Waals surface area (Å²) in [7, 11) is 0. The summed E-state index contributed by atoms with van der Waals surface area (Å²) in [6.07, 6.45) is 3.89. The first kappa shape index (κ1) is 15.1. The highest BCUT2D eigenvalue weighted by atomic mass is 35.5. The Morgan fingerprint density at radius 1 is 1.33 bits per heavy atom. The van der Waals surface area contributed by atoms with Crippen molar-refractivity contribution < 1.29 is 4.79 Å². The summed E-state index contributed by atoms with van der Waals surface area (Å²) in [5.41, 5.74) is 6.34. The molecule has 0 bridgehead atoms.